The topological polar surface area (TPSA) is 0 Å². The molecule has 0 heterocycles. The van der Waals surface area contributed by atoms with Gasteiger partial charge in [-0.3, -0.25) is 0 Å². The summed E-state index contributed by atoms with van der Waals surface area (Å²) in [4.78, 5) is 0. The Balaban J connectivity index is 1.55. The van der Waals surface area contributed by atoms with E-state index < -0.39 is 0 Å². The van der Waals surface area contributed by atoms with Gasteiger partial charge in [-0.15, -0.1) is 0 Å². The zero-order valence-electron chi connectivity index (χ0n) is 22.7. The highest BCUT2D eigenvalue weighted by molar-refractivity contribution is 5.87. The van der Waals surface area contributed by atoms with E-state index in [-0.39, 0.29) is 10.8 Å². The fourth-order valence-electron chi connectivity index (χ4n) is 6.04. The van der Waals surface area contributed by atoms with Gasteiger partial charge in [-0.25, -0.2) is 0 Å². The minimum absolute atomic E-state index is 0.178. The van der Waals surface area contributed by atoms with Crippen molar-refractivity contribution in [2.45, 2.75) is 90.9 Å². The third-order valence-corrected chi connectivity index (χ3v) is 8.26. The van der Waals surface area contributed by atoms with Crippen molar-refractivity contribution in [2.75, 3.05) is 0 Å². The first-order valence-electron chi connectivity index (χ1n) is 13.7. The van der Waals surface area contributed by atoms with Crippen molar-refractivity contribution in [2.24, 2.45) is 5.92 Å². The van der Waals surface area contributed by atoms with Crippen LogP contribution in [-0.4, -0.2) is 0 Å². The largest absolute Gasteiger partial charge is 0.0649 e. The van der Waals surface area contributed by atoms with Gasteiger partial charge in [-0.2, -0.15) is 0 Å². The summed E-state index contributed by atoms with van der Waals surface area (Å²) in [6.07, 6.45) is 10.6. The van der Waals surface area contributed by atoms with Crippen LogP contribution in [-0.2, 0) is 17.3 Å². The van der Waals surface area contributed by atoms with Crippen LogP contribution in [0.15, 0.2) is 66.2 Å². The van der Waals surface area contributed by atoms with E-state index in [0.29, 0.717) is 0 Å². The number of rotatable bonds is 4. The standard InChI is InChI=1S/C35H42/c1-34(2,3)28-15-11-26(12-16-28)30-19-20-31(27-13-17-29(18-14-27)35(4,5)6)33-23-25(22-32(30)33)21-24-9-7-8-10-24/h11-20,22,24H,7-10,21,23H2,1-6H3. The monoisotopic (exact) mass is 462 g/mol. The molecule has 182 valence electrons. The predicted molar refractivity (Wildman–Crippen MR) is 153 cm³/mol. The molecule has 0 radical (unpaired) electrons. The van der Waals surface area contributed by atoms with E-state index in [9.17, 15) is 0 Å². The maximum atomic E-state index is 2.55. The van der Waals surface area contributed by atoms with Crippen molar-refractivity contribution in [3.05, 3.63) is 88.5 Å². The molecule has 3 aromatic carbocycles. The Labute approximate surface area is 213 Å². The fraction of sp³-hybridized carbons (Fsp3) is 0.429. The van der Waals surface area contributed by atoms with Crippen LogP contribution in [0.25, 0.3) is 28.3 Å². The Hall–Kier alpha value is -2.60. The van der Waals surface area contributed by atoms with Crippen molar-refractivity contribution in [1.82, 2.24) is 0 Å². The third kappa shape index (κ3) is 5.04. The summed E-state index contributed by atoms with van der Waals surface area (Å²) >= 11 is 0. The van der Waals surface area contributed by atoms with Gasteiger partial charge in [-0.05, 0) is 74.1 Å². The maximum absolute atomic E-state index is 2.55. The summed E-state index contributed by atoms with van der Waals surface area (Å²) in [5, 5.41) is 0. The first-order valence-corrected chi connectivity index (χ1v) is 13.7. The lowest BCUT2D eigenvalue weighted by Crippen LogP contribution is -2.10. The van der Waals surface area contributed by atoms with E-state index in [0.717, 1.165) is 12.3 Å². The van der Waals surface area contributed by atoms with Crippen LogP contribution < -0.4 is 0 Å². The molecule has 3 aromatic rings. The zero-order valence-corrected chi connectivity index (χ0v) is 22.7. The van der Waals surface area contributed by atoms with Crippen molar-refractivity contribution in [1.29, 1.82) is 0 Å². The molecule has 2 aliphatic carbocycles. The van der Waals surface area contributed by atoms with E-state index in [1.807, 2.05) is 0 Å². The lowest BCUT2D eigenvalue weighted by molar-refractivity contribution is 0.541. The van der Waals surface area contributed by atoms with Crippen LogP contribution in [0.1, 0.15) is 95.9 Å². The van der Waals surface area contributed by atoms with Gasteiger partial charge in [0.15, 0.2) is 0 Å². The van der Waals surface area contributed by atoms with E-state index in [1.54, 1.807) is 5.57 Å². The maximum Gasteiger partial charge on any atom is -0.00513 e. The van der Waals surface area contributed by atoms with Crippen molar-refractivity contribution < 1.29 is 0 Å². The van der Waals surface area contributed by atoms with Crippen molar-refractivity contribution >= 4 is 6.08 Å². The van der Waals surface area contributed by atoms with E-state index in [4.69, 9.17) is 0 Å². The van der Waals surface area contributed by atoms with Gasteiger partial charge < -0.3 is 0 Å². The number of benzene rings is 3. The molecular formula is C35H42. The van der Waals surface area contributed by atoms with Gasteiger partial charge in [0.05, 0.1) is 0 Å². The summed E-state index contributed by atoms with van der Waals surface area (Å²) in [6, 6.07) is 23.4. The number of fused-ring (bicyclic) bond motifs is 1. The highest BCUT2D eigenvalue weighted by Gasteiger charge is 2.25. The molecule has 0 heteroatoms. The molecule has 0 N–H and O–H groups in total. The number of allylic oxidation sites excluding steroid dienone is 1. The molecule has 0 aromatic heterocycles. The molecule has 0 spiro atoms. The first-order chi connectivity index (χ1) is 16.6. The Morgan fingerprint density at radius 2 is 1.11 bits per heavy atom. The second-order valence-corrected chi connectivity index (χ2v) is 13.0. The van der Waals surface area contributed by atoms with Crippen molar-refractivity contribution in [3.63, 3.8) is 0 Å². The average Bonchev–Trinajstić information content (AvgIpc) is 3.47. The number of hydrogen-bond donors (Lipinski definition) is 0. The van der Waals surface area contributed by atoms with Crippen LogP contribution in [0.3, 0.4) is 0 Å². The van der Waals surface area contributed by atoms with E-state index in [2.05, 4.69) is 108 Å². The molecule has 0 aliphatic heterocycles. The Morgan fingerprint density at radius 3 is 1.63 bits per heavy atom. The second kappa shape index (κ2) is 9.12. The number of hydrogen-bond acceptors (Lipinski definition) is 0. The molecule has 0 amide bonds. The molecule has 0 saturated heterocycles. The molecule has 1 fully saturated rings. The molecule has 1 saturated carbocycles. The highest BCUT2D eigenvalue weighted by atomic mass is 14.3. The third-order valence-electron chi connectivity index (χ3n) is 8.26. The fourth-order valence-corrected chi connectivity index (χ4v) is 6.04. The van der Waals surface area contributed by atoms with Crippen LogP contribution >= 0.6 is 0 Å². The highest BCUT2D eigenvalue weighted by Crippen LogP contribution is 2.43. The minimum Gasteiger partial charge on any atom is -0.0649 e. The normalized spacial score (nSPS) is 16.5. The van der Waals surface area contributed by atoms with Gasteiger partial charge >= 0.3 is 0 Å². The molecule has 0 unspecified atom stereocenters. The lowest BCUT2D eigenvalue weighted by Gasteiger charge is -2.20. The van der Waals surface area contributed by atoms with Gasteiger partial charge in [0.1, 0.15) is 0 Å². The molecule has 0 atom stereocenters. The van der Waals surface area contributed by atoms with Crippen LogP contribution in [0.4, 0.5) is 0 Å². The van der Waals surface area contributed by atoms with Crippen LogP contribution in [0.2, 0.25) is 0 Å². The molecule has 35 heavy (non-hydrogen) atoms. The van der Waals surface area contributed by atoms with E-state index in [1.165, 1.54) is 76.6 Å². The van der Waals surface area contributed by atoms with Gasteiger partial charge in [-0.1, -0.05) is 140 Å². The SMILES string of the molecule is CC(C)(C)c1ccc(-c2ccc(-c3ccc(C(C)(C)C)cc3)c3c2C=C(CC2CCCC2)C3)cc1. The summed E-state index contributed by atoms with van der Waals surface area (Å²) in [6.45, 7) is 13.7. The molecule has 5 rings (SSSR count). The van der Waals surface area contributed by atoms with Crippen LogP contribution in [0, 0.1) is 5.92 Å². The average molecular weight is 463 g/mol. The van der Waals surface area contributed by atoms with Gasteiger partial charge in [0.2, 0.25) is 0 Å². The zero-order chi connectivity index (χ0) is 24.8. The smallest absolute Gasteiger partial charge is 0.00513 e. The predicted octanol–water partition coefficient (Wildman–Crippen LogP) is 10.1. The van der Waals surface area contributed by atoms with E-state index >= 15 is 0 Å². The lowest BCUT2D eigenvalue weighted by atomic mass is 9.84. The second-order valence-electron chi connectivity index (χ2n) is 13.0. The van der Waals surface area contributed by atoms with Gasteiger partial charge in [0.25, 0.3) is 0 Å². The Bertz CT molecular complexity index is 1220. The summed E-state index contributed by atoms with van der Waals surface area (Å²) < 4.78 is 0. The molecule has 0 nitrogen and oxygen atoms in total. The summed E-state index contributed by atoms with van der Waals surface area (Å²) in [5.74, 6) is 0.889. The Morgan fingerprint density at radius 1 is 0.629 bits per heavy atom. The Kier molecular flexibility index (Phi) is 6.28. The molecule has 2 aliphatic rings. The quantitative estimate of drug-likeness (QED) is 0.362. The van der Waals surface area contributed by atoms with Crippen LogP contribution in [0.5, 0.6) is 0 Å². The minimum atomic E-state index is 0.178. The summed E-state index contributed by atoms with van der Waals surface area (Å²) in [7, 11) is 0. The van der Waals surface area contributed by atoms with Crippen molar-refractivity contribution in [3.8, 4) is 22.3 Å². The first kappa shape index (κ1) is 24.1. The van der Waals surface area contributed by atoms with Gasteiger partial charge in [0, 0.05) is 0 Å². The molecule has 0 bridgehead atoms. The molecular weight excluding hydrogens is 420 g/mol. The summed E-state index contributed by atoms with van der Waals surface area (Å²) in [5.41, 5.74) is 13.2.